The van der Waals surface area contributed by atoms with Crippen molar-refractivity contribution in [1.29, 1.82) is 0 Å². The molecule has 0 saturated heterocycles. The van der Waals surface area contributed by atoms with Crippen molar-refractivity contribution < 1.29 is 0 Å². The van der Waals surface area contributed by atoms with Gasteiger partial charge in [-0.25, -0.2) is 0 Å². The van der Waals surface area contributed by atoms with Gasteiger partial charge in [-0.15, -0.1) is 0 Å². The largest absolute Gasteiger partial charge is 0.0991 e. The lowest BCUT2D eigenvalue weighted by molar-refractivity contribution is 0.653. The van der Waals surface area contributed by atoms with Crippen molar-refractivity contribution in [1.82, 2.24) is 0 Å². The molecule has 0 heterocycles. The van der Waals surface area contributed by atoms with Crippen LogP contribution < -0.4 is 0 Å². The van der Waals surface area contributed by atoms with E-state index in [1.54, 1.807) is 0 Å². The van der Waals surface area contributed by atoms with Gasteiger partial charge in [0.1, 0.15) is 0 Å². The fourth-order valence-corrected chi connectivity index (χ4v) is 4.81. The van der Waals surface area contributed by atoms with Crippen molar-refractivity contribution >= 4 is 5.57 Å². The fraction of sp³-hybridized carbons (Fsp3) is 0.259. The highest BCUT2D eigenvalue weighted by molar-refractivity contribution is 5.90. The van der Waals surface area contributed by atoms with Crippen LogP contribution in [0.1, 0.15) is 49.8 Å². The van der Waals surface area contributed by atoms with Crippen LogP contribution in [-0.2, 0) is 5.41 Å². The second kappa shape index (κ2) is 7.96. The number of rotatable bonds is 6. The summed E-state index contributed by atoms with van der Waals surface area (Å²) in [5, 5.41) is 0. The predicted octanol–water partition coefficient (Wildman–Crippen LogP) is 7.56. The van der Waals surface area contributed by atoms with Gasteiger partial charge in [-0.3, -0.25) is 0 Å². The zero-order valence-electron chi connectivity index (χ0n) is 16.9. The van der Waals surface area contributed by atoms with E-state index in [0.717, 1.165) is 19.3 Å². The lowest BCUT2D eigenvalue weighted by atomic mass is 9.63. The molecule has 0 nitrogen and oxygen atoms in total. The first-order valence-corrected chi connectivity index (χ1v) is 9.94. The van der Waals surface area contributed by atoms with E-state index in [1.165, 1.54) is 39.0 Å². The third kappa shape index (κ3) is 2.94. The third-order valence-corrected chi connectivity index (χ3v) is 5.78. The molecule has 3 rings (SSSR count). The van der Waals surface area contributed by atoms with E-state index in [4.69, 9.17) is 0 Å². The van der Waals surface area contributed by atoms with E-state index in [1.807, 2.05) is 12.2 Å². The molecule has 1 aromatic carbocycles. The van der Waals surface area contributed by atoms with Gasteiger partial charge in [0.15, 0.2) is 0 Å². The molecule has 0 bridgehead atoms. The van der Waals surface area contributed by atoms with Crippen molar-refractivity contribution in [2.45, 2.75) is 45.4 Å². The van der Waals surface area contributed by atoms with Gasteiger partial charge in [0, 0.05) is 0 Å². The van der Waals surface area contributed by atoms with Crippen LogP contribution >= 0.6 is 0 Å². The van der Waals surface area contributed by atoms with Gasteiger partial charge >= 0.3 is 0 Å². The SMILES string of the molecule is C=C/C=C(\C=C)C1(C2=CC=CCC2)C(CC)=C(/C=C\C)c2ccc(C)cc21. The van der Waals surface area contributed by atoms with E-state index in [2.05, 4.69) is 88.6 Å². The Bertz CT molecular complexity index is 911. The topological polar surface area (TPSA) is 0 Å². The molecule has 0 amide bonds. The van der Waals surface area contributed by atoms with Crippen molar-refractivity contribution in [3.63, 3.8) is 0 Å². The lowest BCUT2D eigenvalue weighted by Gasteiger charge is -2.39. The molecule has 2 aliphatic rings. The van der Waals surface area contributed by atoms with Crippen molar-refractivity contribution in [2.24, 2.45) is 0 Å². The smallest absolute Gasteiger partial charge is 0.0639 e. The summed E-state index contributed by atoms with van der Waals surface area (Å²) in [6, 6.07) is 6.90. The highest BCUT2D eigenvalue weighted by Crippen LogP contribution is 2.58. The van der Waals surface area contributed by atoms with Crippen LogP contribution in [0.4, 0.5) is 0 Å². The molecule has 0 N–H and O–H groups in total. The Morgan fingerprint density at radius 2 is 2.07 bits per heavy atom. The highest BCUT2D eigenvalue weighted by atomic mass is 14.5. The van der Waals surface area contributed by atoms with Gasteiger partial charge in [-0.05, 0) is 61.0 Å². The second-order valence-electron chi connectivity index (χ2n) is 7.27. The molecule has 0 heteroatoms. The lowest BCUT2D eigenvalue weighted by Crippen LogP contribution is -2.32. The summed E-state index contributed by atoms with van der Waals surface area (Å²) in [6.07, 6.45) is 20.5. The monoisotopic (exact) mass is 354 g/mol. The van der Waals surface area contributed by atoms with E-state index in [9.17, 15) is 0 Å². The first-order valence-electron chi connectivity index (χ1n) is 9.94. The number of aryl methyl sites for hydroxylation is 1. The Hall–Kier alpha value is -2.60. The van der Waals surface area contributed by atoms with Crippen LogP contribution in [0.3, 0.4) is 0 Å². The van der Waals surface area contributed by atoms with Crippen molar-refractivity contribution in [3.8, 4) is 0 Å². The Balaban J connectivity index is 2.51. The molecule has 0 radical (unpaired) electrons. The quantitative estimate of drug-likeness (QED) is 0.462. The van der Waals surface area contributed by atoms with E-state index >= 15 is 0 Å². The average molecular weight is 355 g/mol. The van der Waals surface area contributed by atoms with Gasteiger partial charge in [0.25, 0.3) is 0 Å². The normalized spacial score (nSPS) is 22.2. The third-order valence-electron chi connectivity index (χ3n) is 5.78. The number of fused-ring (bicyclic) bond motifs is 1. The summed E-state index contributed by atoms with van der Waals surface area (Å²) in [5.41, 5.74) is 9.31. The Morgan fingerprint density at radius 3 is 2.67 bits per heavy atom. The maximum Gasteiger partial charge on any atom is 0.0639 e. The van der Waals surface area contributed by atoms with Crippen LogP contribution in [0, 0.1) is 6.92 Å². The maximum atomic E-state index is 4.20. The molecular formula is C27H30. The minimum Gasteiger partial charge on any atom is -0.0991 e. The predicted molar refractivity (Wildman–Crippen MR) is 120 cm³/mol. The molecule has 138 valence electrons. The van der Waals surface area contributed by atoms with Crippen molar-refractivity contribution in [2.75, 3.05) is 0 Å². The molecule has 0 aliphatic heterocycles. The van der Waals surface area contributed by atoms with Gasteiger partial charge in [-0.2, -0.15) is 0 Å². The van der Waals surface area contributed by atoms with Crippen LogP contribution in [-0.4, -0.2) is 0 Å². The van der Waals surface area contributed by atoms with E-state index in [-0.39, 0.29) is 5.41 Å². The molecule has 1 unspecified atom stereocenters. The zero-order valence-corrected chi connectivity index (χ0v) is 16.9. The number of benzene rings is 1. The molecule has 0 saturated carbocycles. The van der Waals surface area contributed by atoms with Crippen LogP contribution in [0.5, 0.6) is 0 Å². The number of allylic oxidation sites excluding steroid dienone is 12. The summed E-state index contributed by atoms with van der Waals surface area (Å²) < 4.78 is 0. The zero-order chi connectivity index (χ0) is 19.4. The summed E-state index contributed by atoms with van der Waals surface area (Å²) >= 11 is 0. The standard InChI is InChI=1S/C27H30/c1-6-13-21(8-3)27(22-15-11-10-12-16-22)25(9-4)23(14-7-2)24-18-17-20(5)19-26(24)27/h6-8,10-11,13-15,17-19H,1,3,9,12,16H2,2,4-5H3/b14-7-,21-13+. The number of hydrogen-bond acceptors (Lipinski definition) is 0. The van der Waals surface area contributed by atoms with E-state index in [0.29, 0.717) is 0 Å². The van der Waals surface area contributed by atoms with Gasteiger partial charge < -0.3 is 0 Å². The molecule has 0 fully saturated rings. The Kier molecular flexibility index (Phi) is 5.65. The second-order valence-corrected chi connectivity index (χ2v) is 7.27. The maximum absolute atomic E-state index is 4.20. The van der Waals surface area contributed by atoms with Gasteiger partial charge in [0.2, 0.25) is 0 Å². The van der Waals surface area contributed by atoms with Gasteiger partial charge in [-0.1, -0.05) is 98.0 Å². The fourth-order valence-electron chi connectivity index (χ4n) is 4.81. The summed E-state index contributed by atoms with van der Waals surface area (Å²) in [4.78, 5) is 0. The van der Waals surface area contributed by atoms with Crippen molar-refractivity contribution in [3.05, 3.63) is 113 Å². The highest BCUT2D eigenvalue weighted by Gasteiger charge is 2.47. The molecular weight excluding hydrogens is 324 g/mol. The Morgan fingerprint density at radius 1 is 1.26 bits per heavy atom. The average Bonchev–Trinajstić information content (AvgIpc) is 2.96. The van der Waals surface area contributed by atoms with E-state index < -0.39 is 0 Å². The Labute approximate surface area is 164 Å². The molecule has 27 heavy (non-hydrogen) atoms. The summed E-state index contributed by atoms with van der Waals surface area (Å²) in [7, 11) is 0. The minimum absolute atomic E-state index is 0.244. The van der Waals surface area contributed by atoms with Crippen LogP contribution in [0.15, 0.2) is 96.7 Å². The first kappa shape index (κ1) is 19.2. The van der Waals surface area contributed by atoms with Gasteiger partial charge in [0.05, 0.1) is 5.41 Å². The summed E-state index contributed by atoms with van der Waals surface area (Å²) in [5.74, 6) is 0. The molecule has 1 atom stereocenters. The molecule has 1 aromatic rings. The minimum atomic E-state index is -0.244. The molecule has 0 spiro atoms. The van der Waals surface area contributed by atoms with Crippen LogP contribution in [0.25, 0.3) is 5.57 Å². The summed E-state index contributed by atoms with van der Waals surface area (Å²) in [6.45, 7) is 14.8. The number of hydrogen-bond donors (Lipinski definition) is 0. The molecule has 2 aliphatic carbocycles. The van der Waals surface area contributed by atoms with Crippen LogP contribution in [0.2, 0.25) is 0 Å². The molecule has 0 aromatic heterocycles. The first-order chi connectivity index (χ1) is 13.1.